The molecule has 5 amide bonds. The van der Waals surface area contributed by atoms with Gasteiger partial charge in [-0.2, -0.15) is 0 Å². The molecule has 0 aliphatic carbocycles. The molecule has 0 bridgehead atoms. The van der Waals surface area contributed by atoms with Crippen LogP contribution in [0.5, 0.6) is 5.75 Å². The Morgan fingerprint density at radius 1 is 0.717 bits per heavy atom. The van der Waals surface area contributed by atoms with Crippen molar-refractivity contribution in [3.8, 4) is 5.75 Å². The number of hydrogen-bond donors (Lipinski definition) is 5. The van der Waals surface area contributed by atoms with Crippen molar-refractivity contribution in [3.63, 3.8) is 0 Å². The zero-order chi connectivity index (χ0) is 38.0. The Bertz CT molecular complexity index is 1900. The first kappa shape index (κ1) is 38.1. The van der Waals surface area contributed by atoms with Gasteiger partial charge in [0.25, 0.3) is 0 Å². The summed E-state index contributed by atoms with van der Waals surface area (Å²) in [5.74, 6) is -2.17. The fourth-order valence-electron chi connectivity index (χ4n) is 5.76. The minimum absolute atomic E-state index is 0.0260. The van der Waals surface area contributed by atoms with Crippen LogP contribution < -0.4 is 31.3 Å². The maximum absolute atomic E-state index is 13.7. The van der Waals surface area contributed by atoms with E-state index in [0.29, 0.717) is 23.7 Å². The van der Waals surface area contributed by atoms with Crippen LogP contribution in [0.1, 0.15) is 56.7 Å². The van der Waals surface area contributed by atoms with E-state index in [1.165, 1.54) is 6.92 Å². The van der Waals surface area contributed by atoms with E-state index < -0.39 is 53.5 Å². The summed E-state index contributed by atoms with van der Waals surface area (Å²) in [5, 5.41) is 13.7. The van der Waals surface area contributed by atoms with Gasteiger partial charge in [-0.25, -0.2) is 4.79 Å². The van der Waals surface area contributed by atoms with E-state index in [4.69, 9.17) is 9.47 Å². The third kappa shape index (κ3) is 11.2. The summed E-state index contributed by atoms with van der Waals surface area (Å²) < 4.78 is 11.3. The molecule has 0 saturated heterocycles. The molecule has 4 aromatic carbocycles. The van der Waals surface area contributed by atoms with E-state index >= 15 is 0 Å². The van der Waals surface area contributed by atoms with Crippen LogP contribution in [0, 0.1) is 0 Å². The molecular formula is C41H45N5O7. The van der Waals surface area contributed by atoms with Crippen LogP contribution in [0.4, 0.5) is 16.2 Å². The number of amides is 5. The van der Waals surface area contributed by atoms with Gasteiger partial charge in [0.15, 0.2) is 0 Å². The quantitative estimate of drug-likeness (QED) is 0.116. The third-order valence-electron chi connectivity index (χ3n) is 8.43. The number of carbonyl (C=O) groups is 5. The second-order valence-electron chi connectivity index (χ2n) is 13.8. The Morgan fingerprint density at radius 2 is 1.36 bits per heavy atom. The van der Waals surface area contributed by atoms with Gasteiger partial charge in [0.1, 0.15) is 36.1 Å². The Kier molecular flexibility index (Phi) is 12.5. The number of para-hydroxylation sites is 2. The van der Waals surface area contributed by atoms with E-state index in [1.54, 1.807) is 99.6 Å². The Morgan fingerprint density at radius 3 is 2.04 bits per heavy atom. The molecule has 0 fully saturated rings. The first-order chi connectivity index (χ1) is 25.3. The van der Waals surface area contributed by atoms with Gasteiger partial charge in [-0.15, -0.1) is 0 Å². The van der Waals surface area contributed by atoms with Gasteiger partial charge in [-0.05, 0) is 81.1 Å². The van der Waals surface area contributed by atoms with Crippen LogP contribution in [0.3, 0.4) is 0 Å². The van der Waals surface area contributed by atoms with E-state index in [2.05, 4.69) is 26.6 Å². The predicted octanol–water partition coefficient (Wildman–Crippen LogP) is 5.46. The highest BCUT2D eigenvalue weighted by Crippen LogP contribution is 2.35. The molecule has 0 saturated carbocycles. The molecule has 0 spiro atoms. The van der Waals surface area contributed by atoms with Crippen molar-refractivity contribution < 1.29 is 33.4 Å². The Hall–Kier alpha value is -6.17. The van der Waals surface area contributed by atoms with Gasteiger partial charge >= 0.3 is 6.09 Å². The summed E-state index contributed by atoms with van der Waals surface area (Å²) in [6.45, 7) is 6.99. The lowest BCUT2D eigenvalue weighted by Gasteiger charge is -2.26. The lowest BCUT2D eigenvalue weighted by atomic mass is 9.92. The number of fused-ring (bicyclic) bond motifs is 1. The largest absolute Gasteiger partial charge is 0.489 e. The van der Waals surface area contributed by atoms with E-state index in [1.807, 2.05) is 30.3 Å². The van der Waals surface area contributed by atoms with Crippen LogP contribution in [-0.2, 0) is 36.9 Å². The molecule has 1 unspecified atom stereocenters. The van der Waals surface area contributed by atoms with Gasteiger partial charge in [-0.1, -0.05) is 78.9 Å². The minimum atomic E-state index is -1.14. The first-order valence-electron chi connectivity index (χ1n) is 17.5. The molecule has 1 aliphatic rings. The summed E-state index contributed by atoms with van der Waals surface area (Å²) in [4.78, 5) is 66.6. The summed E-state index contributed by atoms with van der Waals surface area (Å²) in [6.07, 6.45) is -0.747. The smallest absolute Gasteiger partial charge is 0.408 e. The van der Waals surface area contributed by atoms with Crippen molar-refractivity contribution >= 4 is 41.1 Å². The molecule has 12 heteroatoms. The fourth-order valence-corrected chi connectivity index (χ4v) is 5.76. The van der Waals surface area contributed by atoms with Gasteiger partial charge in [0, 0.05) is 17.8 Å². The number of nitrogens with one attached hydrogen (secondary N) is 5. The van der Waals surface area contributed by atoms with Gasteiger partial charge in [0.05, 0.1) is 5.92 Å². The highest BCUT2D eigenvalue weighted by atomic mass is 16.6. The topological polar surface area (TPSA) is 164 Å². The molecule has 53 heavy (non-hydrogen) atoms. The highest BCUT2D eigenvalue weighted by Gasteiger charge is 2.36. The molecule has 0 radical (unpaired) electrons. The second-order valence-corrected chi connectivity index (χ2v) is 13.8. The lowest BCUT2D eigenvalue weighted by Crippen LogP contribution is -2.56. The summed E-state index contributed by atoms with van der Waals surface area (Å²) in [6, 6.07) is 29.4. The van der Waals surface area contributed by atoms with Crippen LogP contribution in [-0.4, -0.2) is 53.4 Å². The van der Waals surface area contributed by atoms with E-state index in [0.717, 1.165) is 16.7 Å². The molecule has 1 heterocycles. The average Bonchev–Trinajstić information content (AvgIpc) is 3.44. The third-order valence-corrected chi connectivity index (χ3v) is 8.43. The molecular weight excluding hydrogens is 674 g/mol. The normalized spacial score (nSPS) is 15.1. The Balaban J connectivity index is 1.27. The van der Waals surface area contributed by atoms with Crippen LogP contribution in [0.2, 0.25) is 0 Å². The number of rotatable bonds is 14. The minimum Gasteiger partial charge on any atom is -0.489 e. The standard InChI is InChI=1S/C41H45N5O7/c1-26(36(47)45-35(39(50)43-29-15-9-6-10-16-29)24-32-31-17-11-12-18-33(31)44-37(32)48)42-38(49)34(46-40(51)53-41(2,3)4)23-27-19-21-30(22-20-27)52-25-28-13-7-5-8-14-28/h5-22,26,32,34-35H,23-25H2,1-4H3,(H,42,49)(H,43,50)(H,44,48)(H,45,47)(H,46,51)/t26-,32?,34-,35-/m0/s1. The Labute approximate surface area is 309 Å². The van der Waals surface area contributed by atoms with E-state index in [-0.39, 0.29) is 18.7 Å². The number of ether oxygens (including phenoxy) is 2. The SMILES string of the molecule is C[C@H](NC(=O)[C@H](Cc1ccc(OCc2ccccc2)cc1)NC(=O)OC(C)(C)C)C(=O)N[C@@H](CC1C(=O)Nc2ccccc21)C(=O)Nc1ccccc1. The zero-order valence-electron chi connectivity index (χ0n) is 30.2. The van der Waals surface area contributed by atoms with Crippen LogP contribution >= 0.6 is 0 Å². The monoisotopic (exact) mass is 719 g/mol. The van der Waals surface area contributed by atoms with Crippen molar-refractivity contribution in [2.24, 2.45) is 0 Å². The maximum Gasteiger partial charge on any atom is 0.408 e. The highest BCUT2D eigenvalue weighted by molar-refractivity contribution is 6.04. The van der Waals surface area contributed by atoms with Crippen molar-refractivity contribution in [2.45, 2.75) is 76.8 Å². The number of benzene rings is 4. The maximum atomic E-state index is 13.7. The lowest BCUT2D eigenvalue weighted by molar-refractivity contribution is -0.131. The molecule has 1 aliphatic heterocycles. The second kappa shape index (κ2) is 17.4. The van der Waals surface area contributed by atoms with Crippen LogP contribution in [0.25, 0.3) is 0 Å². The van der Waals surface area contributed by atoms with Crippen molar-refractivity contribution in [1.82, 2.24) is 16.0 Å². The fraction of sp³-hybridized carbons (Fsp3) is 0.293. The van der Waals surface area contributed by atoms with Crippen molar-refractivity contribution in [1.29, 1.82) is 0 Å². The number of carbonyl (C=O) groups excluding carboxylic acids is 5. The van der Waals surface area contributed by atoms with Gasteiger partial charge in [0.2, 0.25) is 23.6 Å². The molecule has 5 rings (SSSR count). The zero-order valence-corrected chi connectivity index (χ0v) is 30.2. The summed E-state index contributed by atoms with van der Waals surface area (Å²) >= 11 is 0. The molecule has 4 aromatic rings. The molecule has 5 N–H and O–H groups in total. The number of anilines is 2. The number of alkyl carbamates (subject to hydrolysis) is 1. The van der Waals surface area contributed by atoms with Gasteiger partial charge in [-0.3, -0.25) is 19.2 Å². The molecule has 12 nitrogen and oxygen atoms in total. The molecule has 276 valence electrons. The van der Waals surface area contributed by atoms with Crippen molar-refractivity contribution in [2.75, 3.05) is 10.6 Å². The van der Waals surface area contributed by atoms with E-state index in [9.17, 15) is 24.0 Å². The molecule has 0 aromatic heterocycles. The van der Waals surface area contributed by atoms with Crippen LogP contribution in [0.15, 0.2) is 109 Å². The molecule has 4 atom stereocenters. The predicted molar refractivity (Wildman–Crippen MR) is 201 cm³/mol. The first-order valence-corrected chi connectivity index (χ1v) is 17.5. The number of hydrogen-bond acceptors (Lipinski definition) is 7. The summed E-state index contributed by atoms with van der Waals surface area (Å²) in [7, 11) is 0. The van der Waals surface area contributed by atoms with Gasteiger partial charge < -0.3 is 36.1 Å². The van der Waals surface area contributed by atoms with Crippen molar-refractivity contribution in [3.05, 3.63) is 126 Å². The average molecular weight is 720 g/mol. The summed E-state index contributed by atoms with van der Waals surface area (Å²) in [5.41, 5.74) is 2.80.